The Morgan fingerprint density at radius 3 is 2.23 bits per heavy atom. The molecular formula is C22H21ClN2O5. The van der Waals surface area contributed by atoms with Crippen molar-refractivity contribution in [2.24, 2.45) is 0 Å². The molecule has 3 rings (SSSR count). The Labute approximate surface area is 179 Å². The van der Waals surface area contributed by atoms with Gasteiger partial charge in [-0.15, -0.1) is 11.6 Å². The summed E-state index contributed by atoms with van der Waals surface area (Å²) in [7, 11) is 2.50. The molecule has 0 fully saturated rings. The summed E-state index contributed by atoms with van der Waals surface area (Å²) in [6.45, 7) is 0.505. The van der Waals surface area contributed by atoms with Gasteiger partial charge in [-0.05, 0) is 42.8 Å². The van der Waals surface area contributed by atoms with Crippen LogP contribution in [0.3, 0.4) is 0 Å². The maximum absolute atomic E-state index is 12.6. The van der Waals surface area contributed by atoms with Gasteiger partial charge in [-0.25, -0.2) is 14.3 Å². The number of rotatable bonds is 8. The molecule has 1 aromatic heterocycles. The number of aromatic nitrogens is 2. The minimum atomic E-state index is -0.695. The maximum Gasteiger partial charge on any atom is 0.357 e. The molecule has 0 atom stereocenters. The summed E-state index contributed by atoms with van der Waals surface area (Å²) in [5.41, 5.74) is 1.56. The van der Waals surface area contributed by atoms with Crippen molar-refractivity contribution in [3.05, 3.63) is 65.9 Å². The molecule has 1 heterocycles. The summed E-state index contributed by atoms with van der Waals surface area (Å²) in [6, 6.07) is 16.1. The summed E-state index contributed by atoms with van der Waals surface area (Å²) in [5, 5.41) is 4.55. The summed E-state index contributed by atoms with van der Waals surface area (Å²) < 4.78 is 16.9. The molecule has 0 aliphatic carbocycles. The number of ether oxygens (including phenoxy) is 3. The third kappa shape index (κ3) is 4.46. The van der Waals surface area contributed by atoms with Gasteiger partial charge in [0.05, 0.1) is 26.5 Å². The van der Waals surface area contributed by atoms with Crippen LogP contribution in [0.2, 0.25) is 0 Å². The number of halogens is 1. The summed E-state index contributed by atoms with van der Waals surface area (Å²) >= 11 is 5.67. The largest absolute Gasteiger partial charge is 0.494 e. The van der Waals surface area contributed by atoms with Gasteiger partial charge < -0.3 is 14.2 Å². The van der Waals surface area contributed by atoms with E-state index in [1.165, 1.54) is 18.9 Å². The van der Waals surface area contributed by atoms with Crippen LogP contribution in [-0.2, 0) is 9.47 Å². The quantitative estimate of drug-likeness (QED) is 0.305. The van der Waals surface area contributed by atoms with Gasteiger partial charge in [0.25, 0.3) is 0 Å². The fraction of sp³-hybridized carbons (Fsp3) is 0.227. The summed E-state index contributed by atoms with van der Waals surface area (Å²) in [6.07, 6.45) is 0.736. The normalized spacial score (nSPS) is 10.5. The van der Waals surface area contributed by atoms with Crippen molar-refractivity contribution in [1.82, 2.24) is 9.78 Å². The van der Waals surface area contributed by atoms with Crippen molar-refractivity contribution in [2.45, 2.75) is 6.42 Å². The van der Waals surface area contributed by atoms with Crippen LogP contribution in [0, 0.1) is 0 Å². The van der Waals surface area contributed by atoms with Gasteiger partial charge >= 0.3 is 11.9 Å². The van der Waals surface area contributed by atoms with Crippen LogP contribution in [0.4, 0.5) is 0 Å². The number of nitrogens with zero attached hydrogens (tertiary/aromatic N) is 2. The second-order valence-electron chi connectivity index (χ2n) is 6.22. The van der Waals surface area contributed by atoms with Gasteiger partial charge in [0.15, 0.2) is 5.69 Å². The first-order valence-corrected chi connectivity index (χ1v) is 9.78. The molecule has 0 aliphatic rings. The highest BCUT2D eigenvalue weighted by Crippen LogP contribution is 2.30. The van der Waals surface area contributed by atoms with Crippen LogP contribution >= 0.6 is 11.6 Å². The Bertz CT molecular complexity index is 1020. The first-order chi connectivity index (χ1) is 14.6. The number of methoxy groups -OCH3 is 2. The average molecular weight is 429 g/mol. The van der Waals surface area contributed by atoms with E-state index in [1.54, 1.807) is 36.4 Å². The lowest BCUT2D eigenvalue weighted by Crippen LogP contribution is -2.15. The molecule has 0 amide bonds. The molecule has 0 saturated heterocycles. The Morgan fingerprint density at radius 1 is 0.967 bits per heavy atom. The second kappa shape index (κ2) is 9.93. The van der Waals surface area contributed by atoms with Gasteiger partial charge in [0.2, 0.25) is 0 Å². The smallest absolute Gasteiger partial charge is 0.357 e. The first kappa shape index (κ1) is 21.4. The average Bonchev–Trinajstić information content (AvgIpc) is 3.20. The Hall–Kier alpha value is -3.32. The van der Waals surface area contributed by atoms with Crippen LogP contribution in [0.15, 0.2) is 54.6 Å². The number of carbonyl (C=O) groups is 2. The monoisotopic (exact) mass is 428 g/mol. The Morgan fingerprint density at radius 2 is 1.63 bits per heavy atom. The number of hydrogen-bond donors (Lipinski definition) is 0. The highest BCUT2D eigenvalue weighted by atomic mass is 35.5. The van der Waals surface area contributed by atoms with Gasteiger partial charge in [0.1, 0.15) is 17.0 Å². The molecule has 7 nitrogen and oxygen atoms in total. The summed E-state index contributed by atoms with van der Waals surface area (Å²) in [5.74, 6) is -0.193. The molecule has 8 heteroatoms. The number of hydrogen-bond acceptors (Lipinski definition) is 6. The number of alkyl halides is 1. The molecule has 0 spiro atoms. The van der Waals surface area contributed by atoms with Crippen LogP contribution in [-0.4, -0.2) is 48.4 Å². The predicted molar refractivity (Wildman–Crippen MR) is 113 cm³/mol. The molecule has 0 radical (unpaired) electrons. The van der Waals surface area contributed by atoms with E-state index in [0.29, 0.717) is 35.2 Å². The number of carbonyl (C=O) groups excluding carboxylic acids is 2. The molecule has 0 aliphatic heterocycles. The molecule has 0 unspecified atom stereocenters. The van der Waals surface area contributed by atoms with Crippen molar-refractivity contribution < 1.29 is 23.8 Å². The van der Waals surface area contributed by atoms with Crippen molar-refractivity contribution in [2.75, 3.05) is 26.7 Å². The van der Waals surface area contributed by atoms with E-state index in [0.717, 1.165) is 6.42 Å². The fourth-order valence-electron chi connectivity index (χ4n) is 2.91. The van der Waals surface area contributed by atoms with E-state index in [4.69, 9.17) is 25.8 Å². The fourth-order valence-corrected chi connectivity index (χ4v) is 3.02. The standard InChI is InChI=1S/C22H21ClN2O5/c1-28-21(26)18-19(15-9-11-17(12-10-15)30-14-6-13-23)24-25(20(18)22(27)29-2)16-7-4-3-5-8-16/h3-5,7-12H,6,13-14H2,1-2H3. The molecule has 30 heavy (non-hydrogen) atoms. The Balaban J connectivity index is 2.13. The van der Waals surface area contributed by atoms with Crippen LogP contribution in [0.5, 0.6) is 5.75 Å². The molecule has 0 bridgehead atoms. The van der Waals surface area contributed by atoms with Gasteiger partial charge in [-0.3, -0.25) is 0 Å². The first-order valence-electron chi connectivity index (χ1n) is 9.25. The van der Waals surface area contributed by atoms with Crippen molar-refractivity contribution >= 4 is 23.5 Å². The lowest BCUT2D eigenvalue weighted by Gasteiger charge is -2.07. The zero-order valence-electron chi connectivity index (χ0n) is 16.6. The van der Waals surface area contributed by atoms with E-state index < -0.39 is 11.9 Å². The number of esters is 2. The van der Waals surface area contributed by atoms with Crippen LogP contribution in [0.25, 0.3) is 16.9 Å². The molecule has 0 N–H and O–H groups in total. The minimum Gasteiger partial charge on any atom is -0.494 e. The van der Waals surface area contributed by atoms with E-state index in [2.05, 4.69) is 5.10 Å². The van der Waals surface area contributed by atoms with Gasteiger partial charge in [-0.2, -0.15) is 5.10 Å². The lowest BCUT2D eigenvalue weighted by molar-refractivity contribution is 0.0549. The van der Waals surface area contributed by atoms with Crippen LogP contribution < -0.4 is 4.74 Å². The Kier molecular flexibility index (Phi) is 7.08. The number of para-hydroxylation sites is 1. The molecule has 2 aromatic carbocycles. The summed E-state index contributed by atoms with van der Waals surface area (Å²) in [4.78, 5) is 25.2. The zero-order chi connectivity index (χ0) is 21.5. The topological polar surface area (TPSA) is 79.7 Å². The maximum atomic E-state index is 12.6. The molecular weight excluding hydrogens is 408 g/mol. The van der Waals surface area contributed by atoms with E-state index in [1.807, 2.05) is 18.2 Å². The van der Waals surface area contributed by atoms with E-state index >= 15 is 0 Å². The van der Waals surface area contributed by atoms with Gasteiger partial charge in [-0.1, -0.05) is 18.2 Å². The molecule has 156 valence electrons. The molecule has 3 aromatic rings. The molecule has 0 saturated carbocycles. The number of benzene rings is 2. The van der Waals surface area contributed by atoms with E-state index in [-0.39, 0.29) is 11.3 Å². The lowest BCUT2D eigenvalue weighted by atomic mass is 10.1. The third-order valence-corrected chi connectivity index (χ3v) is 4.60. The second-order valence-corrected chi connectivity index (χ2v) is 6.60. The highest BCUT2D eigenvalue weighted by molar-refractivity contribution is 6.17. The third-order valence-electron chi connectivity index (χ3n) is 4.33. The minimum absolute atomic E-state index is 0.00649. The van der Waals surface area contributed by atoms with Crippen molar-refractivity contribution in [1.29, 1.82) is 0 Å². The SMILES string of the molecule is COC(=O)c1c(-c2ccc(OCCCCl)cc2)nn(-c2ccccc2)c1C(=O)OC. The van der Waals surface area contributed by atoms with Crippen molar-refractivity contribution in [3.8, 4) is 22.7 Å². The van der Waals surface area contributed by atoms with E-state index in [9.17, 15) is 9.59 Å². The van der Waals surface area contributed by atoms with Gasteiger partial charge in [0, 0.05) is 11.4 Å². The zero-order valence-corrected chi connectivity index (χ0v) is 17.4. The predicted octanol–water partition coefficient (Wildman–Crippen LogP) is 4.12. The highest BCUT2D eigenvalue weighted by Gasteiger charge is 2.31. The van der Waals surface area contributed by atoms with Crippen molar-refractivity contribution in [3.63, 3.8) is 0 Å². The van der Waals surface area contributed by atoms with Crippen LogP contribution in [0.1, 0.15) is 27.3 Å².